The minimum atomic E-state index is 0.159. The van der Waals surface area contributed by atoms with Crippen LogP contribution < -0.4 is 16.0 Å². The summed E-state index contributed by atoms with van der Waals surface area (Å²) in [4.78, 5) is 24.6. The van der Waals surface area contributed by atoms with Crippen LogP contribution in [0.2, 0.25) is 0 Å². The first kappa shape index (κ1) is 18.4. The van der Waals surface area contributed by atoms with Gasteiger partial charge in [0.1, 0.15) is 11.7 Å². The fraction of sp³-hybridized carbons (Fsp3) is 0.286. The summed E-state index contributed by atoms with van der Waals surface area (Å²) in [6.45, 7) is 4.92. The number of benzene rings is 1. The topological polar surface area (TPSA) is 114 Å². The van der Waals surface area contributed by atoms with E-state index in [9.17, 15) is 0 Å². The van der Waals surface area contributed by atoms with Crippen LogP contribution >= 0.6 is 0 Å². The van der Waals surface area contributed by atoms with Gasteiger partial charge in [-0.1, -0.05) is 25.1 Å². The SMILES string of the molecule is CC1C(Nc2cc(-c3cnc(N)nc3)nc(N3CCOCC3)n2)=Nc2ccccc21. The van der Waals surface area contributed by atoms with Crippen LogP contribution in [-0.4, -0.2) is 52.1 Å². The van der Waals surface area contributed by atoms with Crippen molar-refractivity contribution in [1.29, 1.82) is 0 Å². The predicted octanol–water partition coefficient (Wildman–Crippen LogP) is 2.61. The summed E-state index contributed by atoms with van der Waals surface area (Å²) in [7, 11) is 0. The number of nitrogen functional groups attached to an aromatic ring is 1. The van der Waals surface area contributed by atoms with Crippen LogP contribution in [0, 0.1) is 0 Å². The Hall–Kier alpha value is -3.59. The summed E-state index contributed by atoms with van der Waals surface area (Å²) >= 11 is 0. The van der Waals surface area contributed by atoms with E-state index in [0.29, 0.717) is 25.0 Å². The fourth-order valence-electron chi connectivity index (χ4n) is 3.62. The second-order valence-corrected chi connectivity index (χ2v) is 7.27. The van der Waals surface area contributed by atoms with Gasteiger partial charge in [0.05, 0.1) is 24.6 Å². The summed E-state index contributed by atoms with van der Waals surface area (Å²) < 4.78 is 5.47. The van der Waals surface area contributed by atoms with Crippen LogP contribution in [0.4, 0.5) is 23.4 Å². The van der Waals surface area contributed by atoms with Crippen LogP contribution in [-0.2, 0) is 4.74 Å². The van der Waals surface area contributed by atoms with Crippen LogP contribution in [0.5, 0.6) is 0 Å². The average Bonchev–Trinajstić information content (AvgIpc) is 3.10. The lowest BCUT2D eigenvalue weighted by Crippen LogP contribution is -2.37. The van der Waals surface area contributed by atoms with Gasteiger partial charge < -0.3 is 20.7 Å². The van der Waals surface area contributed by atoms with Crippen LogP contribution in [0.25, 0.3) is 11.3 Å². The van der Waals surface area contributed by atoms with E-state index in [1.54, 1.807) is 12.4 Å². The molecule has 152 valence electrons. The molecule has 0 spiro atoms. The molecule has 2 aromatic heterocycles. The van der Waals surface area contributed by atoms with Gasteiger partial charge in [-0.15, -0.1) is 0 Å². The molecule has 5 rings (SSSR count). The Morgan fingerprint density at radius 1 is 1.10 bits per heavy atom. The summed E-state index contributed by atoms with van der Waals surface area (Å²) in [6, 6.07) is 10.1. The van der Waals surface area contributed by atoms with Crippen molar-refractivity contribution in [3.05, 3.63) is 48.3 Å². The van der Waals surface area contributed by atoms with Crippen LogP contribution in [0.3, 0.4) is 0 Å². The zero-order valence-corrected chi connectivity index (χ0v) is 16.6. The van der Waals surface area contributed by atoms with Crippen molar-refractivity contribution in [1.82, 2.24) is 19.9 Å². The van der Waals surface area contributed by atoms with Gasteiger partial charge in [0.25, 0.3) is 0 Å². The Morgan fingerprint density at radius 2 is 1.87 bits per heavy atom. The first-order valence-electron chi connectivity index (χ1n) is 9.91. The lowest BCUT2D eigenvalue weighted by molar-refractivity contribution is 0.122. The summed E-state index contributed by atoms with van der Waals surface area (Å²) in [5.74, 6) is 2.57. The third kappa shape index (κ3) is 3.55. The molecule has 0 radical (unpaired) electrons. The number of rotatable bonds is 3. The molecule has 1 saturated heterocycles. The molecule has 9 nitrogen and oxygen atoms in total. The molecule has 9 heteroatoms. The molecule has 3 N–H and O–H groups in total. The number of hydrogen-bond acceptors (Lipinski definition) is 9. The van der Waals surface area contributed by atoms with E-state index in [2.05, 4.69) is 33.2 Å². The van der Waals surface area contributed by atoms with Gasteiger partial charge in [-0.3, -0.25) is 0 Å². The number of aromatic nitrogens is 4. The molecular weight excluding hydrogens is 380 g/mol. The van der Waals surface area contributed by atoms with Gasteiger partial charge in [-0.2, -0.15) is 4.98 Å². The largest absolute Gasteiger partial charge is 0.378 e. The number of ether oxygens (including phenoxy) is 1. The number of aliphatic imine (C=N–C) groups is 1. The first-order chi connectivity index (χ1) is 14.7. The van der Waals surface area contributed by atoms with Crippen LogP contribution in [0.1, 0.15) is 18.4 Å². The number of nitrogens with zero attached hydrogens (tertiary/aromatic N) is 6. The van der Waals surface area contributed by atoms with Crippen molar-refractivity contribution in [3.8, 4) is 11.3 Å². The monoisotopic (exact) mass is 402 g/mol. The molecule has 0 aliphatic carbocycles. The minimum Gasteiger partial charge on any atom is -0.378 e. The smallest absolute Gasteiger partial charge is 0.228 e. The Labute approximate surface area is 174 Å². The molecule has 4 heterocycles. The molecule has 2 aliphatic heterocycles. The van der Waals surface area contributed by atoms with Gasteiger partial charge in [0.2, 0.25) is 11.9 Å². The molecule has 1 aromatic carbocycles. The molecular formula is C21H22N8O. The van der Waals surface area contributed by atoms with Gasteiger partial charge in [-0.05, 0) is 11.6 Å². The molecule has 30 heavy (non-hydrogen) atoms. The summed E-state index contributed by atoms with van der Waals surface area (Å²) in [6.07, 6.45) is 3.34. The zero-order chi connectivity index (χ0) is 20.5. The van der Waals surface area contributed by atoms with Crippen molar-refractivity contribution in [2.24, 2.45) is 4.99 Å². The number of fused-ring (bicyclic) bond motifs is 1. The highest BCUT2D eigenvalue weighted by Gasteiger charge is 2.24. The summed E-state index contributed by atoms with van der Waals surface area (Å²) in [5.41, 5.74) is 9.33. The number of anilines is 3. The average molecular weight is 402 g/mol. The van der Waals surface area contributed by atoms with Crippen molar-refractivity contribution in [3.63, 3.8) is 0 Å². The van der Waals surface area contributed by atoms with E-state index in [0.717, 1.165) is 35.9 Å². The molecule has 2 aliphatic rings. The van der Waals surface area contributed by atoms with E-state index in [4.69, 9.17) is 25.4 Å². The maximum atomic E-state index is 5.64. The lowest BCUT2D eigenvalue weighted by atomic mass is 10.0. The quantitative estimate of drug-likeness (QED) is 0.687. The van der Waals surface area contributed by atoms with E-state index < -0.39 is 0 Å². The van der Waals surface area contributed by atoms with E-state index >= 15 is 0 Å². The molecule has 1 unspecified atom stereocenters. The maximum Gasteiger partial charge on any atom is 0.228 e. The third-order valence-corrected chi connectivity index (χ3v) is 5.29. The Morgan fingerprint density at radius 3 is 2.63 bits per heavy atom. The van der Waals surface area contributed by atoms with Crippen molar-refractivity contribution < 1.29 is 4.74 Å². The Balaban J connectivity index is 1.51. The maximum absolute atomic E-state index is 5.64. The van der Waals surface area contributed by atoms with Gasteiger partial charge in [-0.25, -0.2) is 19.9 Å². The number of nitrogens with one attached hydrogen (secondary N) is 1. The highest BCUT2D eigenvalue weighted by molar-refractivity contribution is 6.04. The second kappa shape index (κ2) is 7.68. The number of morpholine rings is 1. The molecule has 1 fully saturated rings. The van der Waals surface area contributed by atoms with E-state index in [1.165, 1.54) is 5.56 Å². The third-order valence-electron chi connectivity index (χ3n) is 5.29. The Kier molecular flexibility index (Phi) is 4.72. The summed E-state index contributed by atoms with van der Waals surface area (Å²) in [5, 5.41) is 3.41. The predicted molar refractivity (Wildman–Crippen MR) is 116 cm³/mol. The second-order valence-electron chi connectivity index (χ2n) is 7.27. The number of nitrogens with two attached hydrogens (primary N) is 1. The van der Waals surface area contributed by atoms with Gasteiger partial charge in [0, 0.05) is 43.0 Å². The normalized spacial score (nSPS) is 18.1. The standard InChI is InChI=1S/C21H22N8O/c1-13-15-4-2-3-5-16(15)25-19(13)27-18-10-17(14-11-23-20(22)24-12-14)26-21(28-18)29-6-8-30-9-7-29/h2-5,10-13H,6-9H2,1H3,(H2,22,23,24)(H,25,26,27,28). The van der Waals surface area contributed by atoms with E-state index in [-0.39, 0.29) is 11.9 Å². The van der Waals surface area contributed by atoms with Crippen molar-refractivity contribution in [2.75, 3.05) is 42.3 Å². The van der Waals surface area contributed by atoms with E-state index in [1.807, 2.05) is 24.3 Å². The lowest BCUT2D eigenvalue weighted by Gasteiger charge is -2.27. The minimum absolute atomic E-state index is 0.159. The molecule has 0 bridgehead atoms. The molecule has 3 aromatic rings. The van der Waals surface area contributed by atoms with Gasteiger partial charge >= 0.3 is 0 Å². The Bertz CT molecular complexity index is 1090. The zero-order valence-electron chi connectivity index (χ0n) is 16.6. The van der Waals surface area contributed by atoms with Crippen molar-refractivity contribution >= 4 is 29.2 Å². The molecule has 0 saturated carbocycles. The number of amidine groups is 1. The first-order valence-corrected chi connectivity index (χ1v) is 9.91. The highest BCUT2D eigenvalue weighted by Crippen LogP contribution is 2.35. The fourth-order valence-corrected chi connectivity index (χ4v) is 3.62. The number of hydrogen-bond donors (Lipinski definition) is 2. The van der Waals surface area contributed by atoms with Crippen LogP contribution in [0.15, 0.2) is 47.7 Å². The van der Waals surface area contributed by atoms with Crippen molar-refractivity contribution in [2.45, 2.75) is 12.8 Å². The highest BCUT2D eigenvalue weighted by atomic mass is 16.5. The van der Waals surface area contributed by atoms with Gasteiger partial charge in [0.15, 0.2) is 0 Å². The molecule has 1 atom stereocenters. The number of para-hydroxylation sites is 1. The molecule has 0 amide bonds.